The van der Waals surface area contributed by atoms with Crippen LogP contribution in [0.1, 0.15) is 18.9 Å². The largest absolute Gasteiger partial charge is 0.502 e. The van der Waals surface area contributed by atoms with E-state index in [4.69, 9.17) is 5.11 Å². The standard InChI is InChI=1S/C10H13NO4/c1-7(12)2-3-8-4-5-10(13)9(6-8)11(14)15/h4-7,12-13H,2-3H2,1H3/t7-/m0/s1. The summed E-state index contributed by atoms with van der Waals surface area (Å²) in [4.78, 5) is 9.88. The molecule has 0 radical (unpaired) electrons. The average molecular weight is 211 g/mol. The molecule has 0 heterocycles. The third kappa shape index (κ3) is 3.21. The molecule has 0 aliphatic carbocycles. The van der Waals surface area contributed by atoms with Crippen LogP contribution in [0.4, 0.5) is 5.69 Å². The normalized spacial score (nSPS) is 12.4. The maximum absolute atomic E-state index is 10.5. The predicted octanol–water partition coefficient (Wildman–Crippen LogP) is 1.61. The lowest BCUT2D eigenvalue weighted by Gasteiger charge is -2.04. The van der Waals surface area contributed by atoms with Gasteiger partial charge in [0.1, 0.15) is 0 Å². The molecule has 82 valence electrons. The molecule has 1 atom stereocenters. The van der Waals surface area contributed by atoms with E-state index in [1.165, 1.54) is 12.1 Å². The van der Waals surface area contributed by atoms with Gasteiger partial charge in [-0.25, -0.2) is 0 Å². The number of nitro benzene ring substituents is 1. The first-order valence-corrected chi connectivity index (χ1v) is 4.65. The van der Waals surface area contributed by atoms with E-state index in [0.29, 0.717) is 12.8 Å². The molecule has 1 aromatic rings. The Bertz CT molecular complexity index is 362. The summed E-state index contributed by atoms with van der Waals surface area (Å²) in [6, 6.07) is 4.25. The molecule has 0 fully saturated rings. The molecule has 5 heteroatoms. The van der Waals surface area contributed by atoms with Crippen molar-refractivity contribution in [2.45, 2.75) is 25.9 Å². The molecule has 0 aliphatic rings. The lowest BCUT2D eigenvalue weighted by Crippen LogP contribution is -2.01. The molecule has 0 saturated carbocycles. The SMILES string of the molecule is C[C@H](O)CCc1ccc(O)c([N+](=O)[O-])c1. The molecule has 2 N–H and O–H groups in total. The number of aliphatic hydroxyl groups excluding tert-OH is 1. The van der Waals surface area contributed by atoms with Crippen LogP contribution in [0.25, 0.3) is 0 Å². The van der Waals surface area contributed by atoms with Crippen molar-refractivity contribution in [3.8, 4) is 5.75 Å². The van der Waals surface area contributed by atoms with Gasteiger partial charge >= 0.3 is 5.69 Å². The molecule has 0 spiro atoms. The third-order valence-electron chi connectivity index (χ3n) is 2.09. The highest BCUT2D eigenvalue weighted by Gasteiger charge is 2.13. The van der Waals surface area contributed by atoms with Crippen LogP contribution in [0.5, 0.6) is 5.75 Å². The second kappa shape index (κ2) is 4.75. The van der Waals surface area contributed by atoms with Gasteiger partial charge in [-0.3, -0.25) is 10.1 Å². The molecule has 0 saturated heterocycles. The summed E-state index contributed by atoms with van der Waals surface area (Å²) in [5.74, 6) is -0.333. The fraction of sp³-hybridized carbons (Fsp3) is 0.400. The number of aryl methyl sites for hydroxylation is 1. The van der Waals surface area contributed by atoms with Crippen molar-refractivity contribution in [3.63, 3.8) is 0 Å². The maximum atomic E-state index is 10.5. The van der Waals surface area contributed by atoms with Gasteiger partial charge in [0.2, 0.25) is 0 Å². The van der Waals surface area contributed by atoms with E-state index in [0.717, 1.165) is 5.56 Å². The van der Waals surface area contributed by atoms with Crippen molar-refractivity contribution in [3.05, 3.63) is 33.9 Å². The van der Waals surface area contributed by atoms with Gasteiger partial charge < -0.3 is 10.2 Å². The number of phenols is 1. The molecular weight excluding hydrogens is 198 g/mol. The van der Waals surface area contributed by atoms with Crippen molar-refractivity contribution in [1.82, 2.24) is 0 Å². The van der Waals surface area contributed by atoms with Gasteiger partial charge in [-0.1, -0.05) is 6.07 Å². The van der Waals surface area contributed by atoms with Crippen molar-refractivity contribution in [2.75, 3.05) is 0 Å². The molecule has 15 heavy (non-hydrogen) atoms. The fourth-order valence-corrected chi connectivity index (χ4v) is 1.25. The highest BCUT2D eigenvalue weighted by molar-refractivity contribution is 5.47. The summed E-state index contributed by atoms with van der Waals surface area (Å²) in [7, 11) is 0. The summed E-state index contributed by atoms with van der Waals surface area (Å²) < 4.78 is 0. The molecular formula is C10H13NO4. The number of hydrogen-bond acceptors (Lipinski definition) is 4. The van der Waals surface area contributed by atoms with E-state index in [-0.39, 0.29) is 11.4 Å². The monoisotopic (exact) mass is 211 g/mol. The molecule has 0 aliphatic heterocycles. The number of aliphatic hydroxyl groups is 1. The quantitative estimate of drug-likeness (QED) is 0.585. The molecule has 0 bridgehead atoms. The Kier molecular flexibility index (Phi) is 3.62. The number of rotatable bonds is 4. The topological polar surface area (TPSA) is 83.6 Å². The zero-order chi connectivity index (χ0) is 11.4. The van der Waals surface area contributed by atoms with Crippen LogP contribution >= 0.6 is 0 Å². The summed E-state index contributed by atoms with van der Waals surface area (Å²) >= 11 is 0. The van der Waals surface area contributed by atoms with Crippen molar-refractivity contribution in [2.24, 2.45) is 0 Å². The summed E-state index contributed by atoms with van der Waals surface area (Å²) in [5.41, 5.74) is 0.443. The summed E-state index contributed by atoms with van der Waals surface area (Å²) in [5, 5.41) is 28.8. The zero-order valence-corrected chi connectivity index (χ0v) is 8.38. The van der Waals surface area contributed by atoms with E-state index in [1.54, 1.807) is 13.0 Å². The minimum absolute atomic E-state index is 0.293. The van der Waals surface area contributed by atoms with Gasteiger partial charge in [-0.15, -0.1) is 0 Å². The van der Waals surface area contributed by atoms with Crippen molar-refractivity contribution in [1.29, 1.82) is 0 Å². The second-order valence-electron chi connectivity index (χ2n) is 3.47. The van der Waals surface area contributed by atoms with Crippen LogP contribution in [0.3, 0.4) is 0 Å². The van der Waals surface area contributed by atoms with Gasteiger partial charge in [-0.05, 0) is 31.4 Å². The Labute approximate surface area is 87.1 Å². The molecule has 1 rings (SSSR count). The van der Waals surface area contributed by atoms with Crippen molar-refractivity contribution >= 4 is 5.69 Å². The van der Waals surface area contributed by atoms with E-state index < -0.39 is 11.0 Å². The Morgan fingerprint density at radius 2 is 2.20 bits per heavy atom. The lowest BCUT2D eigenvalue weighted by atomic mass is 10.1. The lowest BCUT2D eigenvalue weighted by molar-refractivity contribution is -0.385. The Balaban J connectivity index is 2.83. The van der Waals surface area contributed by atoms with E-state index in [1.807, 2.05) is 0 Å². The number of nitrogens with zero attached hydrogens (tertiary/aromatic N) is 1. The van der Waals surface area contributed by atoms with Crippen LogP contribution in [0.15, 0.2) is 18.2 Å². The smallest absolute Gasteiger partial charge is 0.310 e. The van der Waals surface area contributed by atoms with Gasteiger partial charge in [0, 0.05) is 6.07 Å². The summed E-state index contributed by atoms with van der Waals surface area (Å²) in [6.45, 7) is 1.66. The second-order valence-corrected chi connectivity index (χ2v) is 3.47. The van der Waals surface area contributed by atoms with Gasteiger partial charge in [0.05, 0.1) is 11.0 Å². The maximum Gasteiger partial charge on any atom is 0.310 e. The predicted molar refractivity (Wildman–Crippen MR) is 54.8 cm³/mol. The van der Waals surface area contributed by atoms with Gasteiger partial charge in [0.15, 0.2) is 5.75 Å². The molecule has 0 unspecified atom stereocenters. The first kappa shape index (κ1) is 11.5. The minimum atomic E-state index is -0.624. The highest BCUT2D eigenvalue weighted by atomic mass is 16.6. The Morgan fingerprint density at radius 1 is 1.53 bits per heavy atom. The van der Waals surface area contributed by atoms with E-state index in [2.05, 4.69) is 0 Å². The number of benzene rings is 1. The molecule has 0 aromatic heterocycles. The van der Waals surface area contributed by atoms with Gasteiger partial charge in [-0.2, -0.15) is 0 Å². The van der Waals surface area contributed by atoms with Crippen LogP contribution in [-0.2, 0) is 6.42 Å². The van der Waals surface area contributed by atoms with Crippen LogP contribution in [0, 0.1) is 10.1 Å². The zero-order valence-electron chi connectivity index (χ0n) is 8.38. The van der Waals surface area contributed by atoms with Gasteiger partial charge in [0.25, 0.3) is 0 Å². The fourth-order valence-electron chi connectivity index (χ4n) is 1.25. The van der Waals surface area contributed by atoms with E-state index in [9.17, 15) is 15.2 Å². The van der Waals surface area contributed by atoms with Crippen LogP contribution < -0.4 is 0 Å². The number of nitro groups is 1. The number of hydrogen-bond donors (Lipinski definition) is 2. The Hall–Kier alpha value is -1.62. The third-order valence-corrected chi connectivity index (χ3v) is 2.09. The minimum Gasteiger partial charge on any atom is -0.502 e. The first-order chi connectivity index (χ1) is 7.00. The van der Waals surface area contributed by atoms with Crippen molar-refractivity contribution < 1.29 is 15.1 Å². The van der Waals surface area contributed by atoms with Crippen LogP contribution in [0.2, 0.25) is 0 Å². The molecule has 0 amide bonds. The van der Waals surface area contributed by atoms with E-state index >= 15 is 0 Å². The first-order valence-electron chi connectivity index (χ1n) is 4.65. The number of phenolic OH excluding ortho intramolecular Hbond substituents is 1. The summed E-state index contributed by atoms with van der Waals surface area (Å²) in [6.07, 6.45) is 0.665. The average Bonchev–Trinajstić information content (AvgIpc) is 2.16. The Morgan fingerprint density at radius 3 is 2.73 bits per heavy atom. The molecule has 1 aromatic carbocycles. The highest BCUT2D eigenvalue weighted by Crippen LogP contribution is 2.26. The number of aromatic hydroxyl groups is 1. The molecule has 5 nitrogen and oxygen atoms in total. The van der Waals surface area contributed by atoms with Crippen LogP contribution in [-0.4, -0.2) is 21.2 Å².